The van der Waals surface area contributed by atoms with Gasteiger partial charge in [-0.15, -0.1) is 0 Å². The van der Waals surface area contributed by atoms with E-state index in [9.17, 15) is 9.90 Å². The fourth-order valence-electron chi connectivity index (χ4n) is 2.37. The molecule has 1 heterocycles. The van der Waals surface area contributed by atoms with Gasteiger partial charge in [0.1, 0.15) is 13.2 Å². The zero-order chi connectivity index (χ0) is 14.9. The molecule has 0 aromatic heterocycles. The highest BCUT2D eigenvalue weighted by atomic mass is 35.5. The van der Waals surface area contributed by atoms with Gasteiger partial charge >= 0.3 is 5.97 Å². The second kappa shape index (κ2) is 5.52. The molecule has 1 aromatic rings. The minimum absolute atomic E-state index is 0.405. The maximum Gasteiger partial charge on any atom is 0.309 e. The number of fused-ring (bicyclic) bond motifs is 1. The first kappa shape index (κ1) is 15.0. The van der Waals surface area contributed by atoms with Crippen molar-refractivity contribution in [1.82, 2.24) is 0 Å². The third-order valence-electron chi connectivity index (χ3n) is 3.53. The van der Waals surface area contributed by atoms with Crippen molar-refractivity contribution in [1.29, 1.82) is 0 Å². The Balaban J connectivity index is 2.48. The molecular weight excluding hydrogens is 280 g/mol. The molecule has 20 heavy (non-hydrogen) atoms. The van der Waals surface area contributed by atoms with Gasteiger partial charge in [-0.3, -0.25) is 4.79 Å². The molecular formula is C15H19ClO4. The van der Waals surface area contributed by atoms with E-state index in [4.69, 9.17) is 21.1 Å². The third-order valence-corrected chi connectivity index (χ3v) is 3.81. The quantitative estimate of drug-likeness (QED) is 0.926. The first-order chi connectivity index (χ1) is 9.36. The summed E-state index contributed by atoms with van der Waals surface area (Å²) in [7, 11) is 0. The number of aliphatic carboxylic acids is 1. The highest BCUT2D eigenvalue weighted by Crippen LogP contribution is 2.43. The van der Waals surface area contributed by atoms with Gasteiger partial charge < -0.3 is 14.6 Å². The lowest BCUT2D eigenvalue weighted by Crippen LogP contribution is -2.27. The third kappa shape index (κ3) is 2.70. The molecule has 0 unspecified atom stereocenters. The van der Waals surface area contributed by atoms with Gasteiger partial charge in [0.15, 0.2) is 11.5 Å². The molecule has 110 valence electrons. The van der Waals surface area contributed by atoms with Gasteiger partial charge in [-0.1, -0.05) is 18.5 Å². The van der Waals surface area contributed by atoms with Crippen LogP contribution in [0.25, 0.3) is 0 Å². The van der Waals surface area contributed by atoms with Crippen LogP contribution in [0.5, 0.6) is 11.5 Å². The van der Waals surface area contributed by atoms with Crippen LogP contribution in [-0.2, 0) is 17.6 Å². The largest absolute Gasteiger partial charge is 0.486 e. The molecule has 1 aliphatic rings. The van der Waals surface area contributed by atoms with Crippen molar-refractivity contribution in [2.24, 2.45) is 5.41 Å². The summed E-state index contributed by atoms with van der Waals surface area (Å²) in [5.41, 5.74) is 1.05. The molecule has 0 atom stereocenters. The molecule has 0 bridgehead atoms. The second-order valence-corrected chi connectivity index (χ2v) is 5.98. The number of hydrogen-bond donors (Lipinski definition) is 1. The molecule has 5 heteroatoms. The molecule has 1 N–H and O–H groups in total. The van der Waals surface area contributed by atoms with E-state index in [-0.39, 0.29) is 0 Å². The normalized spacial score (nSPS) is 14.2. The van der Waals surface area contributed by atoms with E-state index in [1.165, 1.54) is 0 Å². The number of carboxylic acids is 1. The van der Waals surface area contributed by atoms with Crippen molar-refractivity contribution in [3.8, 4) is 11.5 Å². The average Bonchev–Trinajstić information content (AvgIpc) is 2.38. The van der Waals surface area contributed by atoms with Gasteiger partial charge in [-0.2, -0.15) is 0 Å². The first-order valence-electron chi connectivity index (χ1n) is 6.70. The second-order valence-electron chi connectivity index (χ2n) is 5.57. The standard InChI is InChI=1S/C15H19ClO4/c1-4-10-9(8-15(2,3)14(17)18)7-11(16)13-12(10)19-5-6-20-13/h7H,4-6,8H2,1-3H3,(H,17,18). The zero-order valence-corrected chi connectivity index (χ0v) is 12.7. The van der Waals surface area contributed by atoms with E-state index >= 15 is 0 Å². The van der Waals surface area contributed by atoms with E-state index in [1.807, 2.05) is 6.92 Å². The van der Waals surface area contributed by atoms with Gasteiger partial charge in [0.05, 0.1) is 10.4 Å². The smallest absolute Gasteiger partial charge is 0.309 e. The van der Waals surface area contributed by atoms with Crippen LogP contribution in [0.2, 0.25) is 5.02 Å². The predicted molar refractivity (Wildman–Crippen MR) is 76.9 cm³/mol. The molecule has 0 fully saturated rings. The predicted octanol–water partition coefficient (Wildman–Crippen LogP) is 3.33. The van der Waals surface area contributed by atoms with Crippen LogP contribution < -0.4 is 9.47 Å². The minimum Gasteiger partial charge on any atom is -0.486 e. The van der Waals surface area contributed by atoms with Crippen molar-refractivity contribution in [2.45, 2.75) is 33.6 Å². The maximum absolute atomic E-state index is 11.3. The topological polar surface area (TPSA) is 55.8 Å². The van der Waals surface area contributed by atoms with Crippen molar-refractivity contribution in [3.63, 3.8) is 0 Å². The molecule has 0 saturated carbocycles. The van der Waals surface area contributed by atoms with Crippen LogP contribution >= 0.6 is 11.6 Å². The lowest BCUT2D eigenvalue weighted by atomic mass is 9.83. The van der Waals surface area contributed by atoms with Crippen molar-refractivity contribution >= 4 is 17.6 Å². The molecule has 0 aliphatic carbocycles. The summed E-state index contributed by atoms with van der Waals surface area (Å²) in [4.78, 5) is 11.3. The number of carbonyl (C=O) groups is 1. The number of rotatable bonds is 4. The monoisotopic (exact) mass is 298 g/mol. The van der Waals surface area contributed by atoms with Crippen LogP contribution in [0.1, 0.15) is 31.9 Å². The summed E-state index contributed by atoms with van der Waals surface area (Å²) in [5, 5.41) is 9.76. The maximum atomic E-state index is 11.3. The fourth-order valence-corrected chi connectivity index (χ4v) is 2.64. The molecule has 1 aromatic carbocycles. The Bertz CT molecular complexity index is 537. The summed E-state index contributed by atoms with van der Waals surface area (Å²) in [6.07, 6.45) is 1.15. The number of ether oxygens (including phenoxy) is 2. The summed E-state index contributed by atoms with van der Waals surface area (Å²) in [6, 6.07) is 1.80. The molecule has 2 rings (SSSR count). The van der Waals surface area contributed by atoms with Crippen LogP contribution in [-0.4, -0.2) is 24.3 Å². The van der Waals surface area contributed by atoms with Gasteiger partial charge in [-0.25, -0.2) is 0 Å². The van der Waals surface area contributed by atoms with Crippen LogP contribution in [0.3, 0.4) is 0 Å². The molecule has 4 nitrogen and oxygen atoms in total. The summed E-state index contributed by atoms with van der Waals surface area (Å²) >= 11 is 6.23. The summed E-state index contributed by atoms with van der Waals surface area (Å²) in [5.74, 6) is 0.416. The van der Waals surface area contributed by atoms with E-state index in [2.05, 4.69) is 0 Å². The molecule has 1 aliphatic heterocycles. The Labute approximate surface area is 123 Å². The van der Waals surface area contributed by atoms with Crippen LogP contribution in [0, 0.1) is 5.41 Å². The SMILES string of the molecule is CCc1c(CC(C)(C)C(=O)O)cc(Cl)c2c1OCCO2. The highest BCUT2D eigenvalue weighted by molar-refractivity contribution is 6.32. The Kier molecular flexibility index (Phi) is 4.14. The van der Waals surface area contributed by atoms with E-state index < -0.39 is 11.4 Å². The Morgan fingerprint density at radius 1 is 1.35 bits per heavy atom. The number of benzene rings is 1. The zero-order valence-electron chi connectivity index (χ0n) is 12.0. The summed E-state index contributed by atoms with van der Waals surface area (Å²) < 4.78 is 11.2. The molecule has 0 spiro atoms. The molecule has 0 saturated heterocycles. The highest BCUT2D eigenvalue weighted by Gasteiger charge is 2.30. The molecule has 0 amide bonds. The fraction of sp³-hybridized carbons (Fsp3) is 0.533. The van der Waals surface area contributed by atoms with E-state index in [0.29, 0.717) is 36.2 Å². The van der Waals surface area contributed by atoms with E-state index in [0.717, 1.165) is 17.5 Å². The van der Waals surface area contributed by atoms with Crippen molar-refractivity contribution in [3.05, 3.63) is 22.2 Å². The minimum atomic E-state index is -0.850. The number of carboxylic acid groups (broad SMARTS) is 1. The lowest BCUT2D eigenvalue weighted by Gasteiger charge is -2.26. The number of hydrogen-bond acceptors (Lipinski definition) is 3. The van der Waals surface area contributed by atoms with Gasteiger partial charge in [-0.05, 0) is 38.3 Å². The number of halogens is 1. The van der Waals surface area contributed by atoms with Crippen molar-refractivity contribution in [2.75, 3.05) is 13.2 Å². The van der Waals surface area contributed by atoms with Crippen molar-refractivity contribution < 1.29 is 19.4 Å². The van der Waals surface area contributed by atoms with Gasteiger partial charge in [0.25, 0.3) is 0 Å². The average molecular weight is 299 g/mol. The Morgan fingerprint density at radius 3 is 2.50 bits per heavy atom. The summed E-state index contributed by atoms with van der Waals surface area (Å²) in [6.45, 7) is 6.40. The Morgan fingerprint density at radius 2 is 1.95 bits per heavy atom. The first-order valence-corrected chi connectivity index (χ1v) is 7.08. The Hall–Kier alpha value is -1.42. The van der Waals surface area contributed by atoms with Crippen LogP contribution in [0.4, 0.5) is 0 Å². The molecule has 0 radical (unpaired) electrons. The van der Waals surface area contributed by atoms with E-state index in [1.54, 1.807) is 19.9 Å². The van der Waals surface area contributed by atoms with Crippen LogP contribution in [0.15, 0.2) is 6.07 Å². The lowest BCUT2D eigenvalue weighted by molar-refractivity contribution is -0.146. The van der Waals surface area contributed by atoms with Gasteiger partial charge in [0.2, 0.25) is 0 Å². The van der Waals surface area contributed by atoms with Gasteiger partial charge in [0, 0.05) is 5.56 Å².